The Labute approximate surface area is 128 Å². The molecular weight excluding hydrogens is 290 g/mol. The number of hydrogen-bond acceptors (Lipinski definition) is 5. The molecule has 2 aromatic rings. The van der Waals surface area contributed by atoms with E-state index in [4.69, 9.17) is 16.1 Å². The molecule has 5 nitrogen and oxygen atoms in total. The van der Waals surface area contributed by atoms with Gasteiger partial charge < -0.3 is 9.63 Å². The van der Waals surface area contributed by atoms with Crippen LogP contribution in [-0.2, 0) is 6.54 Å². The van der Waals surface area contributed by atoms with E-state index < -0.39 is 0 Å². The van der Waals surface area contributed by atoms with Crippen molar-refractivity contribution in [2.75, 3.05) is 13.2 Å². The third-order valence-electron chi connectivity index (χ3n) is 3.85. The summed E-state index contributed by atoms with van der Waals surface area (Å²) in [5.74, 6) is 1.12. The lowest BCUT2D eigenvalue weighted by molar-refractivity contribution is 0.0749. The van der Waals surface area contributed by atoms with Crippen molar-refractivity contribution in [1.82, 2.24) is 15.0 Å². The van der Waals surface area contributed by atoms with Crippen LogP contribution in [0, 0.1) is 0 Å². The first-order chi connectivity index (χ1) is 10.3. The lowest BCUT2D eigenvalue weighted by Gasteiger charge is -2.33. The molecule has 112 valence electrons. The summed E-state index contributed by atoms with van der Waals surface area (Å²) in [6.07, 6.45) is 3.33. The Morgan fingerprint density at radius 3 is 3.10 bits per heavy atom. The van der Waals surface area contributed by atoms with Gasteiger partial charge in [-0.05, 0) is 31.5 Å². The van der Waals surface area contributed by atoms with Crippen molar-refractivity contribution < 1.29 is 9.63 Å². The maximum Gasteiger partial charge on any atom is 0.241 e. The summed E-state index contributed by atoms with van der Waals surface area (Å²) >= 11 is 5.97. The standard InChI is InChI=1S/C15H18ClN3O2/c16-12-5-3-4-11(8-12)15-17-14(21-18-15)9-19-7-2-1-6-13(19)10-20/h3-5,8,13,20H,1-2,6-7,9-10H2. The summed E-state index contributed by atoms with van der Waals surface area (Å²) in [7, 11) is 0. The SMILES string of the molecule is OCC1CCCCN1Cc1nc(-c2cccc(Cl)c2)no1. The molecule has 0 radical (unpaired) electrons. The summed E-state index contributed by atoms with van der Waals surface area (Å²) < 4.78 is 5.33. The number of piperidine rings is 1. The molecule has 0 aliphatic carbocycles. The van der Waals surface area contributed by atoms with Crippen molar-refractivity contribution in [2.24, 2.45) is 0 Å². The van der Waals surface area contributed by atoms with Gasteiger partial charge in [0.15, 0.2) is 0 Å². The zero-order chi connectivity index (χ0) is 14.7. The molecule has 1 unspecified atom stereocenters. The Bertz CT molecular complexity index is 602. The lowest BCUT2D eigenvalue weighted by Crippen LogP contribution is -2.41. The Morgan fingerprint density at radius 1 is 1.38 bits per heavy atom. The topological polar surface area (TPSA) is 62.4 Å². The zero-order valence-electron chi connectivity index (χ0n) is 11.7. The normalized spacial score (nSPS) is 19.8. The molecule has 21 heavy (non-hydrogen) atoms. The number of nitrogens with zero attached hydrogens (tertiary/aromatic N) is 3. The molecule has 0 amide bonds. The molecule has 0 spiro atoms. The van der Waals surface area contributed by atoms with Crippen LogP contribution in [0.3, 0.4) is 0 Å². The molecule has 6 heteroatoms. The predicted molar refractivity (Wildman–Crippen MR) is 79.9 cm³/mol. The third-order valence-corrected chi connectivity index (χ3v) is 4.08. The maximum absolute atomic E-state index is 9.43. The monoisotopic (exact) mass is 307 g/mol. The van der Waals surface area contributed by atoms with Crippen LogP contribution in [0.1, 0.15) is 25.2 Å². The summed E-state index contributed by atoms with van der Waals surface area (Å²) in [6.45, 7) is 1.72. The zero-order valence-corrected chi connectivity index (χ0v) is 12.5. The van der Waals surface area contributed by atoms with Crippen molar-refractivity contribution in [2.45, 2.75) is 31.8 Å². The number of likely N-dealkylation sites (tertiary alicyclic amines) is 1. The highest BCUT2D eigenvalue weighted by atomic mass is 35.5. The number of hydrogen-bond donors (Lipinski definition) is 1. The molecule has 1 N–H and O–H groups in total. The van der Waals surface area contributed by atoms with E-state index in [1.165, 1.54) is 6.42 Å². The Balaban J connectivity index is 1.73. The minimum atomic E-state index is 0.176. The Hall–Kier alpha value is -1.43. The highest BCUT2D eigenvalue weighted by molar-refractivity contribution is 6.30. The van der Waals surface area contributed by atoms with Crippen LogP contribution >= 0.6 is 11.6 Å². The molecule has 3 rings (SSSR count). The molecule has 2 heterocycles. The molecule has 1 atom stereocenters. The van der Waals surface area contributed by atoms with Crippen molar-refractivity contribution in [3.63, 3.8) is 0 Å². The third kappa shape index (κ3) is 3.43. The van der Waals surface area contributed by atoms with Gasteiger partial charge in [-0.3, -0.25) is 4.90 Å². The van der Waals surface area contributed by atoms with Gasteiger partial charge in [-0.1, -0.05) is 35.3 Å². The van der Waals surface area contributed by atoms with Gasteiger partial charge in [0.25, 0.3) is 0 Å². The largest absolute Gasteiger partial charge is 0.395 e. The van der Waals surface area contributed by atoms with E-state index in [0.29, 0.717) is 23.3 Å². The van der Waals surface area contributed by atoms with Crippen LogP contribution in [0.15, 0.2) is 28.8 Å². The number of aliphatic hydroxyl groups is 1. The highest BCUT2D eigenvalue weighted by Gasteiger charge is 2.23. The molecule has 0 bridgehead atoms. The molecule has 1 saturated heterocycles. The van der Waals surface area contributed by atoms with Crippen molar-refractivity contribution in [3.05, 3.63) is 35.2 Å². The number of aliphatic hydroxyl groups excluding tert-OH is 1. The van der Waals surface area contributed by atoms with Crippen molar-refractivity contribution in [3.8, 4) is 11.4 Å². The minimum absolute atomic E-state index is 0.176. The number of benzene rings is 1. The molecule has 1 aromatic carbocycles. The summed E-state index contributed by atoms with van der Waals surface area (Å²) in [5, 5.41) is 14.1. The molecule has 1 fully saturated rings. The summed E-state index contributed by atoms with van der Waals surface area (Å²) in [5.41, 5.74) is 0.842. The van der Waals surface area contributed by atoms with Crippen molar-refractivity contribution in [1.29, 1.82) is 0 Å². The van der Waals surface area contributed by atoms with Crippen LogP contribution in [-0.4, -0.2) is 39.3 Å². The van der Waals surface area contributed by atoms with Crippen LogP contribution in [0.2, 0.25) is 5.02 Å². The summed E-state index contributed by atoms with van der Waals surface area (Å²) in [6, 6.07) is 7.58. The van der Waals surface area contributed by atoms with Gasteiger partial charge in [-0.2, -0.15) is 4.98 Å². The Morgan fingerprint density at radius 2 is 2.29 bits per heavy atom. The molecular formula is C15H18ClN3O2. The van der Waals surface area contributed by atoms with Crippen LogP contribution in [0.5, 0.6) is 0 Å². The smallest absolute Gasteiger partial charge is 0.241 e. The molecule has 0 saturated carbocycles. The van der Waals surface area contributed by atoms with Crippen LogP contribution in [0.25, 0.3) is 11.4 Å². The number of rotatable bonds is 4. The number of aromatic nitrogens is 2. The van der Waals surface area contributed by atoms with Gasteiger partial charge >= 0.3 is 0 Å². The van der Waals surface area contributed by atoms with E-state index in [0.717, 1.165) is 24.9 Å². The molecule has 1 aliphatic rings. The summed E-state index contributed by atoms with van der Waals surface area (Å²) in [4.78, 5) is 6.63. The van der Waals surface area contributed by atoms with Gasteiger partial charge in [0, 0.05) is 16.6 Å². The fourth-order valence-corrected chi connectivity index (χ4v) is 2.90. The van der Waals surface area contributed by atoms with E-state index in [1.807, 2.05) is 24.3 Å². The Kier molecular flexibility index (Phi) is 4.53. The first-order valence-corrected chi connectivity index (χ1v) is 7.57. The van der Waals surface area contributed by atoms with Gasteiger partial charge in [-0.15, -0.1) is 0 Å². The van der Waals surface area contributed by atoms with E-state index >= 15 is 0 Å². The molecule has 1 aromatic heterocycles. The van der Waals surface area contributed by atoms with Crippen molar-refractivity contribution >= 4 is 11.6 Å². The second-order valence-corrected chi connectivity index (χ2v) is 5.76. The second-order valence-electron chi connectivity index (χ2n) is 5.32. The van der Waals surface area contributed by atoms with Crippen LogP contribution in [0.4, 0.5) is 0 Å². The fraction of sp³-hybridized carbons (Fsp3) is 0.467. The van der Waals surface area contributed by atoms with Gasteiger partial charge in [-0.25, -0.2) is 0 Å². The van der Waals surface area contributed by atoms with E-state index in [1.54, 1.807) is 0 Å². The van der Waals surface area contributed by atoms with E-state index in [9.17, 15) is 5.11 Å². The average molecular weight is 308 g/mol. The number of halogens is 1. The van der Waals surface area contributed by atoms with E-state index in [-0.39, 0.29) is 12.6 Å². The van der Waals surface area contributed by atoms with Gasteiger partial charge in [0.1, 0.15) is 0 Å². The minimum Gasteiger partial charge on any atom is -0.395 e. The second kappa shape index (κ2) is 6.56. The predicted octanol–water partition coefficient (Wildman–Crippen LogP) is 2.74. The lowest BCUT2D eigenvalue weighted by atomic mass is 10.0. The highest BCUT2D eigenvalue weighted by Crippen LogP contribution is 2.22. The van der Waals surface area contributed by atoms with E-state index in [2.05, 4.69) is 15.0 Å². The first-order valence-electron chi connectivity index (χ1n) is 7.19. The van der Waals surface area contributed by atoms with Gasteiger partial charge in [0.2, 0.25) is 11.7 Å². The first kappa shape index (κ1) is 14.5. The maximum atomic E-state index is 9.43. The quantitative estimate of drug-likeness (QED) is 0.941. The van der Waals surface area contributed by atoms with Gasteiger partial charge in [0.05, 0.1) is 13.2 Å². The fourth-order valence-electron chi connectivity index (χ4n) is 2.71. The average Bonchev–Trinajstić information content (AvgIpc) is 2.96. The molecule has 1 aliphatic heterocycles. The van der Waals surface area contributed by atoms with Crippen LogP contribution < -0.4 is 0 Å².